The van der Waals surface area contributed by atoms with E-state index in [2.05, 4.69) is 4.65 Å². The predicted molar refractivity (Wildman–Crippen MR) is 87.7 cm³/mol. The fourth-order valence-electron chi connectivity index (χ4n) is 2.87. The Bertz CT molecular complexity index is 1190. The quantitative estimate of drug-likeness (QED) is 0.251. The number of benzene rings is 3. The first-order valence-electron chi connectivity index (χ1n) is 8.09. The summed E-state index contributed by atoms with van der Waals surface area (Å²) in [4.78, 5) is 0. The largest absolute Gasteiger partial charge is 0.707 e. The average molecular weight is 470 g/mol. The summed E-state index contributed by atoms with van der Waals surface area (Å²) in [5.41, 5.74) is -6.40. The van der Waals surface area contributed by atoms with Crippen LogP contribution in [-0.2, 0) is 0 Å². The van der Waals surface area contributed by atoms with Crippen LogP contribution in [0, 0.1) is 58.2 Å². The van der Waals surface area contributed by atoms with Crippen LogP contribution in [0.15, 0.2) is 18.2 Å². The van der Waals surface area contributed by atoms with Gasteiger partial charge < -0.3 is 14.7 Å². The van der Waals surface area contributed by atoms with Gasteiger partial charge in [-0.2, -0.15) is 0 Å². The second-order valence-electron chi connectivity index (χ2n) is 6.01. The normalized spacial score (nSPS) is 11.1. The number of rotatable bonds is 4. The third-order valence-electron chi connectivity index (χ3n) is 4.20. The van der Waals surface area contributed by atoms with Crippen molar-refractivity contribution >= 4 is 7.32 Å². The summed E-state index contributed by atoms with van der Waals surface area (Å²) in [7, 11) is -2.79. The van der Waals surface area contributed by atoms with Gasteiger partial charge in [-0.15, -0.1) is 0 Å². The van der Waals surface area contributed by atoms with Crippen molar-refractivity contribution in [1.29, 1.82) is 0 Å². The highest BCUT2D eigenvalue weighted by Gasteiger charge is 2.34. The third-order valence-corrected chi connectivity index (χ3v) is 4.20. The molecule has 0 saturated carbocycles. The van der Waals surface area contributed by atoms with E-state index in [1.54, 1.807) is 0 Å². The molecule has 0 spiro atoms. The molecule has 0 fully saturated rings. The van der Waals surface area contributed by atoms with Crippen LogP contribution in [0.2, 0.25) is 0 Å². The summed E-state index contributed by atoms with van der Waals surface area (Å²) in [6.45, 7) is 0. The van der Waals surface area contributed by atoms with E-state index in [4.69, 9.17) is 10.0 Å². The summed E-state index contributed by atoms with van der Waals surface area (Å²) in [6, 6.07) is 1.91. The zero-order chi connectivity index (χ0) is 24.1. The molecule has 3 aromatic rings. The van der Waals surface area contributed by atoms with Crippen molar-refractivity contribution in [3.63, 3.8) is 0 Å². The van der Waals surface area contributed by atoms with Crippen molar-refractivity contribution in [2.45, 2.75) is 0 Å². The molecule has 0 radical (unpaired) electrons. The second-order valence-corrected chi connectivity index (χ2v) is 6.01. The Balaban J connectivity index is 2.56. The maximum Gasteiger partial charge on any atom is 0.707 e. The van der Waals surface area contributed by atoms with Crippen molar-refractivity contribution in [3.8, 4) is 28.0 Å². The molecule has 0 amide bonds. The molecule has 0 aliphatic carbocycles. The van der Waals surface area contributed by atoms with E-state index in [1.165, 1.54) is 0 Å². The summed E-state index contributed by atoms with van der Waals surface area (Å²) >= 11 is 0. The second kappa shape index (κ2) is 8.35. The minimum Gasteiger partial charge on any atom is -0.511 e. The molecule has 168 valence electrons. The maximum atomic E-state index is 14.4. The van der Waals surface area contributed by atoms with Crippen LogP contribution in [0.25, 0.3) is 22.3 Å². The monoisotopic (exact) mass is 470 g/mol. The molecule has 0 unspecified atom stereocenters. The molecule has 0 aromatic heterocycles. The van der Waals surface area contributed by atoms with Crippen LogP contribution in [-0.4, -0.2) is 17.4 Å². The van der Waals surface area contributed by atoms with Crippen LogP contribution in [0.4, 0.5) is 43.9 Å². The third kappa shape index (κ3) is 3.54. The first kappa shape index (κ1) is 23.4. The molecule has 0 heterocycles. The Morgan fingerprint density at radius 3 is 1.28 bits per heavy atom. The number of halogens is 10. The molecule has 0 saturated heterocycles. The summed E-state index contributed by atoms with van der Waals surface area (Å²) in [6.07, 6.45) is 0. The van der Waals surface area contributed by atoms with E-state index in [1.807, 2.05) is 0 Å². The standard InChI is InChI=1S/C18H5BF10O3/c20-9-7(10(21)14(25)17(28)13(9)24)4-2-1-3-5(32-19(30)31)6(4)8-11(22)15(26)18(29)16(27)12(8)23/h1-3,30-31H. The van der Waals surface area contributed by atoms with Crippen molar-refractivity contribution in [2.75, 3.05) is 0 Å². The van der Waals surface area contributed by atoms with Crippen molar-refractivity contribution in [1.82, 2.24) is 0 Å². The lowest BCUT2D eigenvalue weighted by atomic mass is 9.91. The minimum absolute atomic E-state index is 0.516. The Morgan fingerprint density at radius 2 is 0.875 bits per heavy atom. The van der Waals surface area contributed by atoms with Crippen LogP contribution in [0.1, 0.15) is 0 Å². The first-order chi connectivity index (χ1) is 14.9. The molecular weight excluding hydrogens is 465 g/mol. The SMILES string of the molecule is OB(O)Oc1cccc(-c2c(F)c(F)c(F)c(F)c2F)c1-c1c(F)c(F)c(F)c(F)c1F. The Morgan fingerprint density at radius 1 is 0.500 bits per heavy atom. The fraction of sp³-hybridized carbons (Fsp3) is 0. The molecule has 0 atom stereocenters. The van der Waals surface area contributed by atoms with Gasteiger partial charge in [0.2, 0.25) is 11.6 Å². The van der Waals surface area contributed by atoms with Gasteiger partial charge in [0.1, 0.15) is 5.75 Å². The van der Waals surface area contributed by atoms with Crippen molar-refractivity contribution in [3.05, 3.63) is 76.4 Å². The highest BCUT2D eigenvalue weighted by molar-refractivity contribution is 6.34. The molecule has 0 aliphatic heterocycles. The van der Waals surface area contributed by atoms with Crippen LogP contribution in [0.5, 0.6) is 5.75 Å². The Labute approximate surface area is 171 Å². The molecule has 3 rings (SSSR count). The molecule has 3 aromatic carbocycles. The minimum atomic E-state index is -2.79. The lowest BCUT2D eigenvalue weighted by Crippen LogP contribution is -2.21. The van der Waals surface area contributed by atoms with Gasteiger partial charge >= 0.3 is 7.32 Å². The molecule has 14 heteroatoms. The van der Waals surface area contributed by atoms with Crippen molar-refractivity contribution in [2.24, 2.45) is 0 Å². The van der Waals surface area contributed by atoms with E-state index < -0.39 is 93.5 Å². The van der Waals surface area contributed by atoms with Gasteiger partial charge in [-0.05, 0) is 11.6 Å². The maximum absolute atomic E-state index is 14.4. The van der Waals surface area contributed by atoms with Gasteiger partial charge in [-0.25, -0.2) is 43.9 Å². The topological polar surface area (TPSA) is 49.7 Å². The fourth-order valence-corrected chi connectivity index (χ4v) is 2.87. The van der Waals surface area contributed by atoms with Crippen LogP contribution in [0.3, 0.4) is 0 Å². The zero-order valence-electron chi connectivity index (χ0n) is 14.9. The molecule has 0 aliphatic rings. The number of hydrogen-bond donors (Lipinski definition) is 2. The smallest absolute Gasteiger partial charge is 0.511 e. The van der Waals surface area contributed by atoms with E-state index in [-0.39, 0.29) is 0 Å². The van der Waals surface area contributed by atoms with Gasteiger partial charge in [0.05, 0.1) is 11.1 Å². The van der Waals surface area contributed by atoms with E-state index in [0.29, 0.717) is 12.1 Å². The van der Waals surface area contributed by atoms with Gasteiger partial charge in [0.25, 0.3) is 0 Å². The Hall–Kier alpha value is -3.26. The summed E-state index contributed by atoms with van der Waals surface area (Å²) < 4.78 is 144. The van der Waals surface area contributed by atoms with E-state index >= 15 is 0 Å². The summed E-state index contributed by atoms with van der Waals surface area (Å²) in [5.74, 6) is -26.4. The predicted octanol–water partition coefficient (Wildman–Crippen LogP) is 4.76. The Kier molecular flexibility index (Phi) is 6.11. The van der Waals surface area contributed by atoms with Crippen LogP contribution >= 0.6 is 0 Å². The highest BCUT2D eigenvalue weighted by Crippen LogP contribution is 2.45. The van der Waals surface area contributed by atoms with Crippen molar-refractivity contribution < 1.29 is 58.6 Å². The lowest BCUT2D eigenvalue weighted by molar-refractivity contribution is 0.288. The molecule has 2 N–H and O–H groups in total. The molecule has 3 nitrogen and oxygen atoms in total. The first-order valence-corrected chi connectivity index (χ1v) is 8.09. The van der Waals surface area contributed by atoms with Gasteiger partial charge in [-0.1, -0.05) is 12.1 Å². The molecular formula is C18H5BF10O3. The summed E-state index contributed by atoms with van der Waals surface area (Å²) in [5, 5.41) is 18.0. The average Bonchev–Trinajstić information content (AvgIpc) is 2.75. The van der Waals surface area contributed by atoms with E-state index in [9.17, 15) is 43.9 Å². The molecule has 32 heavy (non-hydrogen) atoms. The molecule has 0 bridgehead atoms. The van der Waals surface area contributed by atoms with E-state index in [0.717, 1.165) is 6.07 Å². The number of hydrogen-bond acceptors (Lipinski definition) is 3. The van der Waals surface area contributed by atoms with Gasteiger partial charge in [0, 0.05) is 5.56 Å². The highest BCUT2D eigenvalue weighted by atomic mass is 19.2. The van der Waals surface area contributed by atoms with Gasteiger partial charge in [0.15, 0.2) is 46.5 Å². The van der Waals surface area contributed by atoms with Gasteiger partial charge in [-0.3, -0.25) is 0 Å². The lowest BCUT2D eigenvalue weighted by Gasteiger charge is -2.19. The van der Waals surface area contributed by atoms with Crippen LogP contribution < -0.4 is 4.65 Å². The zero-order valence-corrected chi connectivity index (χ0v) is 14.9.